The standard InChI is InChI=1S/C24H30N2O3S/c1-3-5-15-29-16-10-14-26-23(27)21(20-13-9-17-30-20)22(24(26)28)25(4-2)18-19-11-7-6-8-12-19/h6-9,11-13,17H,3-5,10,14-16,18H2,1-2H3. The Labute approximate surface area is 182 Å². The van der Waals surface area contributed by atoms with E-state index in [9.17, 15) is 9.59 Å². The molecule has 1 aromatic carbocycles. The number of unbranched alkanes of at least 4 members (excludes halogenated alkanes) is 1. The zero-order chi connectivity index (χ0) is 21.3. The van der Waals surface area contributed by atoms with Crippen LogP contribution in [0.25, 0.3) is 5.57 Å². The molecule has 0 radical (unpaired) electrons. The molecule has 3 rings (SSSR count). The number of imide groups is 1. The molecular formula is C24H30N2O3S. The highest BCUT2D eigenvalue weighted by Crippen LogP contribution is 2.34. The second-order valence-corrected chi connectivity index (χ2v) is 8.23. The van der Waals surface area contributed by atoms with E-state index in [0.29, 0.717) is 43.9 Å². The molecule has 2 heterocycles. The van der Waals surface area contributed by atoms with E-state index in [2.05, 4.69) is 6.92 Å². The number of benzene rings is 1. The van der Waals surface area contributed by atoms with E-state index < -0.39 is 0 Å². The highest BCUT2D eigenvalue weighted by Gasteiger charge is 2.41. The number of rotatable bonds is 12. The van der Waals surface area contributed by atoms with Crippen molar-refractivity contribution in [3.63, 3.8) is 0 Å². The SMILES string of the molecule is CCCCOCCCN1C(=O)C(c2cccs2)=C(N(CC)Cc2ccccc2)C1=O. The summed E-state index contributed by atoms with van der Waals surface area (Å²) in [5, 5.41) is 1.94. The quantitative estimate of drug-likeness (QED) is 0.369. The average molecular weight is 427 g/mol. The molecule has 0 bridgehead atoms. The molecule has 1 aromatic heterocycles. The van der Waals surface area contributed by atoms with Crippen molar-refractivity contribution in [3.05, 3.63) is 64.0 Å². The average Bonchev–Trinajstić information content (AvgIpc) is 3.37. The normalized spacial score (nSPS) is 14.1. The van der Waals surface area contributed by atoms with Crippen LogP contribution in [0.4, 0.5) is 0 Å². The van der Waals surface area contributed by atoms with Gasteiger partial charge in [0.05, 0.1) is 5.57 Å². The van der Waals surface area contributed by atoms with Crippen LogP contribution >= 0.6 is 11.3 Å². The molecule has 2 aromatic rings. The summed E-state index contributed by atoms with van der Waals surface area (Å²) >= 11 is 1.49. The third kappa shape index (κ3) is 5.18. The first-order chi connectivity index (χ1) is 14.7. The van der Waals surface area contributed by atoms with Gasteiger partial charge in [-0.1, -0.05) is 49.7 Å². The van der Waals surface area contributed by atoms with Crippen LogP contribution in [0.15, 0.2) is 53.5 Å². The third-order valence-corrected chi connectivity index (χ3v) is 6.03. The van der Waals surface area contributed by atoms with Crippen molar-refractivity contribution >= 4 is 28.7 Å². The Morgan fingerprint density at radius 2 is 1.73 bits per heavy atom. The van der Waals surface area contributed by atoms with E-state index in [1.165, 1.54) is 16.2 Å². The van der Waals surface area contributed by atoms with Gasteiger partial charge in [0.1, 0.15) is 5.70 Å². The Kier molecular flexibility index (Phi) is 8.22. The molecule has 30 heavy (non-hydrogen) atoms. The lowest BCUT2D eigenvalue weighted by atomic mass is 10.1. The highest BCUT2D eigenvalue weighted by molar-refractivity contribution is 7.11. The number of likely N-dealkylation sites (N-methyl/N-ethyl adjacent to an activating group) is 1. The lowest BCUT2D eigenvalue weighted by Gasteiger charge is -2.24. The Morgan fingerprint density at radius 1 is 0.967 bits per heavy atom. The lowest BCUT2D eigenvalue weighted by molar-refractivity contribution is -0.137. The van der Waals surface area contributed by atoms with Crippen LogP contribution in [0.1, 0.15) is 43.6 Å². The molecule has 1 aliphatic heterocycles. The Morgan fingerprint density at radius 3 is 2.40 bits per heavy atom. The predicted octanol–water partition coefficient (Wildman–Crippen LogP) is 4.56. The van der Waals surface area contributed by atoms with Gasteiger partial charge < -0.3 is 9.64 Å². The zero-order valence-corrected chi connectivity index (χ0v) is 18.6. The highest BCUT2D eigenvalue weighted by atomic mass is 32.1. The number of hydrogen-bond donors (Lipinski definition) is 0. The molecule has 0 saturated heterocycles. The van der Waals surface area contributed by atoms with Crippen LogP contribution in [-0.4, -0.2) is 47.9 Å². The summed E-state index contributed by atoms with van der Waals surface area (Å²) in [6.45, 7) is 7.04. The summed E-state index contributed by atoms with van der Waals surface area (Å²) < 4.78 is 5.61. The smallest absolute Gasteiger partial charge is 0.277 e. The van der Waals surface area contributed by atoms with Crippen molar-refractivity contribution in [1.29, 1.82) is 0 Å². The number of carbonyl (C=O) groups is 2. The first-order valence-corrected chi connectivity index (χ1v) is 11.6. The number of nitrogens with zero attached hydrogens (tertiary/aromatic N) is 2. The van der Waals surface area contributed by atoms with Crippen LogP contribution in [0, 0.1) is 0 Å². The second kappa shape index (κ2) is 11.1. The first-order valence-electron chi connectivity index (χ1n) is 10.7. The van der Waals surface area contributed by atoms with Crippen LogP contribution in [0.2, 0.25) is 0 Å². The fraction of sp³-hybridized carbons (Fsp3) is 0.417. The summed E-state index contributed by atoms with van der Waals surface area (Å²) in [7, 11) is 0. The van der Waals surface area contributed by atoms with Gasteiger partial charge in [0.25, 0.3) is 11.8 Å². The fourth-order valence-electron chi connectivity index (χ4n) is 3.53. The van der Waals surface area contributed by atoms with Crippen LogP contribution in [0.3, 0.4) is 0 Å². The maximum atomic E-state index is 13.3. The summed E-state index contributed by atoms with van der Waals surface area (Å²) in [4.78, 5) is 30.8. The maximum Gasteiger partial charge on any atom is 0.277 e. The predicted molar refractivity (Wildman–Crippen MR) is 121 cm³/mol. The van der Waals surface area contributed by atoms with E-state index in [4.69, 9.17) is 4.74 Å². The summed E-state index contributed by atoms with van der Waals surface area (Å²) in [6, 6.07) is 13.9. The van der Waals surface area contributed by atoms with Gasteiger partial charge in [0.15, 0.2) is 0 Å². The topological polar surface area (TPSA) is 49.9 Å². The van der Waals surface area contributed by atoms with E-state index >= 15 is 0 Å². The van der Waals surface area contributed by atoms with Crippen molar-refractivity contribution in [2.75, 3.05) is 26.3 Å². The number of hydrogen-bond acceptors (Lipinski definition) is 5. The van der Waals surface area contributed by atoms with Gasteiger partial charge in [-0.05, 0) is 36.8 Å². The fourth-order valence-corrected chi connectivity index (χ4v) is 4.29. The van der Waals surface area contributed by atoms with Crippen LogP contribution in [-0.2, 0) is 20.9 Å². The molecule has 1 aliphatic rings. The van der Waals surface area contributed by atoms with Gasteiger partial charge in [0.2, 0.25) is 0 Å². The molecule has 0 atom stereocenters. The van der Waals surface area contributed by atoms with Gasteiger partial charge in [-0.2, -0.15) is 0 Å². The molecule has 2 amide bonds. The molecule has 6 heteroatoms. The molecule has 160 valence electrons. The van der Waals surface area contributed by atoms with Crippen molar-refractivity contribution in [2.24, 2.45) is 0 Å². The molecule has 0 fully saturated rings. The largest absolute Gasteiger partial charge is 0.381 e. The van der Waals surface area contributed by atoms with Gasteiger partial charge in [-0.3, -0.25) is 14.5 Å². The maximum absolute atomic E-state index is 13.3. The Balaban J connectivity index is 1.80. The van der Waals surface area contributed by atoms with E-state index in [1.807, 2.05) is 59.7 Å². The Hall–Kier alpha value is -2.44. The minimum atomic E-state index is -0.199. The molecule has 0 N–H and O–H groups in total. The molecule has 0 unspecified atom stereocenters. The van der Waals surface area contributed by atoms with Crippen molar-refractivity contribution in [3.8, 4) is 0 Å². The third-order valence-electron chi connectivity index (χ3n) is 5.14. The number of thiophene rings is 1. The molecule has 0 saturated carbocycles. The molecule has 0 aliphatic carbocycles. The molecular weight excluding hydrogens is 396 g/mol. The molecule has 5 nitrogen and oxygen atoms in total. The summed E-state index contributed by atoms with van der Waals surface area (Å²) in [5.74, 6) is -0.396. The monoisotopic (exact) mass is 426 g/mol. The summed E-state index contributed by atoms with van der Waals surface area (Å²) in [6.07, 6.45) is 2.77. The van der Waals surface area contributed by atoms with Gasteiger partial charge in [-0.15, -0.1) is 11.3 Å². The van der Waals surface area contributed by atoms with Gasteiger partial charge in [0, 0.05) is 37.7 Å². The van der Waals surface area contributed by atoms with Crippen LogP contribution in [0.5, 0.6) is 0 Å². The van der Waals surface area contributed by atoms with Crippen molar-refractivity contribution < 1.29 is 14.3 Å². The van der Waals surface area contributed by atoms with Gasteiger partial charge in [-0.25, -0.2) is 0 Å². The number of carbonyl (C=O) groups excluding carboxylic acids is 2. The van der Waals surface area contributed by atoms with E-state index in [0.717, 1.165) is 29.9 Å². The molecule has 0 spiro atoms. The van der Waals surface area contributed by atoms with E-state index in [1.54, 1.807) is 0 Å². The minimum absolute atomic E-state index is 0.197. The van der Waals surface area contributed by atoms with Crippen molar-refractivity contribution in [1.82, 2.24) is 9.80 Å². The number of ether oxygens (including phenoxy) is 1. The lowest BCUT2D eigenvalue weighted by Crippen LogP contribution is -2.36. The Bertz CT molecular complexity index is 862. The van der Waals surface area contributed by atoms with Crippen LogP contribution < -0.4 is 0 Å². The zero-order valence-electron chi connectivity index (χ0n) is 17.8. The minimum Gasteiger partial charge on any atom is -0.381 e. The summed E-state index contributed by atoms with van der Waals surface area (Å²) in [5.41, 5.74) is 2.15. The van der Waals surface area contributed by atoms with E-state index in [-0.39, 0.29) is 11.8 Å². The van der Waals surface area contributed by atoms with Gasteiger partial charge >= 0.3 is 0 Å². The number of amides is 2. The second-order valence-electron chi connectivity index (χ2n) is 7.28. The first kappa shape index (κ1) is 22.2. The van der Waals surface area contributed by atoms with Crippen molar-refractivity contribution in [2.45, 2.75) is 39.7 Å².